The molecule has 1 aromatic heterocycles. The number of primary amides is 1. The number of anilines is 1. The van der Waals surface area contributed by atoms with Gasteiger partial charge in [0.25, 0.3) is 5.91 Å². The quantitative estimate of drug-likeness (QED) is 0.850. The van der Waals surface area contributed by atoms with E-state index < -0.39 is 11.7 Å². The van der Waals surface area contributed by atoms with Crippen LogP contribution in [0.5, 0.6) is 0 Å². The average Bonchev–Trinajstić information content (AvgIpc) is 2.39. The fourth-order valence-electron chi connectivity index (χ4n) is 1.53. The third-order valence-electron chi connectivity index (χ3n) is 2.48. The van der Waals surface area contributed by atoms with Crippen molar-refractivity contribution >= 4 is 34.9 Å². The van der Waals surface area contributed by atoms with Gasteiger partial charge in [0.1, 0.15) is 11.6 Å². The number of hydrogen-bond acceptors (Lipinski definition) is 4. The van der Waals surface area contributed by atoms with E-state index in [4.69, 9.17) is 28.9 Å². The minimum Gasteiger partial charge on any atom is -0.365 e. The SMILES string of the molecule is NC(=O)c1cnc(Cl)nc1NCc1cc(Cl)ccc1F. The molecule has 0 spiro atoms. The number of nitrogens with two attached hydrogens (primary N) is 1. The van der Waals surface area contributed by atoms with Gasteiger partial charge >= 0.3 is 0 Å². The molecule has 0 aliphatic carbocycles. The van der Waals surface area contributed by atoms with Crippen LogP contribution >= 0.6 is 23.2 Å². The molecule has 2 rings (SSSR count). The number of carbonyl (C=O) groups excluding carboxylic acids is 1. The average molecular weight is 315 g/mol. The highest BCUT2D eigenvalue weighted by Crippen LogP contribution is 2.18. The van der Waals surface area contributed by atoms with Crippen molar-refractivity contribution in [3.8, 4) is 0 Å². The van der Waals surface area contributed by atoms with Crippen molar-refractivity contribution in [2.75, 3.05) is 5.32 Å². The molecule has 0 aliphatic heterocycles. The Morgan fingerprint density at radius 3 is 2.85 bits per heavy atom. The number of amides is 1. The highest BCUT2D eigenvalue weighted by molar-refractivity contribution is 6.30. The van der Waals surface area contributed by atoms with Crippen LogP contribution < -0.4 is 11.1 Å². The minimum absolute atomic E-state index is 0.0518. The van der Waals surface area contributed by atoms with Gasteiger partial charge in [0.05, 0.1) is 5.56 Å². The minimum atomic E-state index is -0.712. The fraction of sp³-hybridized carbons (Fsp3) is 0.0833. The molecule has 0 radical (unpaired) electrons. The first-order chi connectivity index (χ1) is 9.47. The van der Waals surface area contributed by atoms with Crippen molar-refractivity contribution in [2.45, 2.75) is 6.54 Å². The van der Waals surface area contributed by atoms with E-state index in [0.29, 0.717) is 10.6 Å². The fourth-order valence-corrected chi connectivity index (χ4v) is 1.86. The summed E-state index contributed by atoms with van der Waals surface area (Å²) in [4.78, 5) is 18.7. The van der Waals surface area contributed by atoms with Gasteiger partial charge in [-0.1, -0.05) is 11.6 Å². The standard InChI is InChI=1S/C12H9Cl2FN4O/c13-7-1-2-9(15)6(3-7)4-17-11-8(10(16)20)5-18-12(14)19-11/h1-3,5H,4H2,(H2,16,20)(H,17,18,19). The Morgan fingerprint density at radius 1 is 1.40 bits per heavy atom. The topological polar surface area (TPSA) is 80.9 Å². The monoisotopic (exact) mass is 314 g/mol. The zero-order valence-corrected chi connectivity index (χ0v) is 11.5. The summed E-state index contributed by atoms with van der Waals surface area (Å²) in [5, 5.41) is 3.13. The van der Waals surface area contributed by atoms with E-state index in [-0.39, 0.29) is 23.2 Å². The van der Waals surface area contributed by atoms with E-state index in [1.54, 1.807) is 0 Å². The maximum Gasteiger partial charge on any atom is 0.254 e. The van der Waals surface area contributed by atoms with E-state index in [0.717, 1.165) is 0 Å². The van der Waals surface area contributed by atoms with Gasteiger partial charge in [-0.05, 0) is 29.8 Å². The summed E-state index contributed by atoms with van der Waals surface area (Å²) < 4.78 is 13.6. The van der Waals surface area contributed by atoms with Crippen molar-refractivity contribution in [3.05, 3.63) is 51.6 Å². The number of nitrogens with one attached hydrogen (secondary N) is 1. The number of benzene rings is 1. The first kappa shape index (κ1) is 14.5. The Hall–Kier alpha value is -1.92. The lowest BCUT2D eigenvalue weighted by atomic mass is 10.2. The zero-order chi connectivity index (χ0) is 14.7. The molecule has 0 unspecified atom stereocenters. The molecule has 8 heteroatoms. The van der Waals surface area contributed by atoms with Gasteiger partial charge in [-0.3, -0.25) is 4.79 Å². The Morgan fingerprint density at radius 2 is 2.15 bits per heavy atom. The molecular formula is C12H9Cl2FN4O. The summed E-state index contributed by atoms with van der Waals surface area (Å²) in [6.07, 6.45) is 1.20. The second-order valence-electron chi connectivity index (χ2n) is 3.85. The Labute approximate surface area is 123 Å². The lowest BCUT2D eigenvalue weighted by Crippen LogP contribution is -2.16. The summed E-state index contributed by atoms with van der Waals surface area (Å²) in [5.41, 5.74) is 5.58. The third kappa shape index (κ3) is 3.34. The van der Waals surface area contributed by atoms with Gasteiger partial charge in [-0.15, -0.1) is 0 Å². The number of halogens is 3. The molecule has 1 heterocycles. The predicted octanol–water partition coefficient (Wildman–Crippen LogP) is 2.63. The Bertz CT molecular complexity index is 666. The first-order valence-electron chi connectivity index (χ1n) is 5.47. The van der Waals surface area contributed by atoms with Crippen LogP contribution in [0.4, 0.5) is 10.2 Å². The van der Waals surface area contributed by atoms with Crippen molar-refractivity contribution in [2.24, 2.45) is 5.73 Å². The normalized spacial score (nSPS) is 10.3. The lowest BCUT2D eigenvalue weighted by Gasteiger charge is -2.09. The molecule has 2 aromatic rings. The highest BCUT2D eigenvalue weighted by Gasteiger charge is 2.12. The molecule has 104 valence electrons. The van der Waals surface area contributed by atoms with Crippen molar-refractivity contribution in [3.63, 3.8) is 0 Å². The molecular weight excluding hydrogens is 306 g/mol. The molecule has 5 nitrogen and oxygen atoms in total. The predicted molar refractivity (Wildman–Crippen MR) is 74.3 cm³/mol. The summed E-state index contributed by atoms with van der Waals surface area (Å²) in [5.74, 6) is -1.00. The van der Waals surface area contributed by atoms with Crippen LogP contribution in [0.1, 0.15) is 15.9 Å². The van der Waals surface area contributed by atoms with Crippen LogP contribution in [0.3, 0.4) is 0 Å². The molecule has 0 atom stereocenters. The summed E-state index contributed by atoms with van der Waals surface area (Å²) in [6.45, 7) is 0.0695. The second kappa shape index (κ2) is 6.02. The molecule has 1 aromatic carbocycles. The van der Waals surface area contributed by atoms with E-state index in [9.17, 15) is 9.18 Å². The van der Waals surface area contributed by atoms with Crippen LogP contribution in [0.2, 0.25) is 10.3 Å². The number of hydrogen-bond donors (Lipinski definition) is 2. The van der Waals surface area contributed by atoms with Crippen LogP contribution in [0.15, 0.2) is 24.4 Å². The number of rotatable bonds is 4. The smallest absolute Gasteiger partial charge is 0.254 e. The van der Waals surface area contributed by atoms with Gasteiger partial charge in [-0.25, -0.2) is 9.37 Å². The van der Waals surface area contributed by atoms with E-state index in [1.165, 1.54) is 24.4 Å². The number of aromatic nitrogens is 2. The van der Waals surface area contributed by atoms with Gasteiger partial charge in [-0.2, -0.15) is 4.98 Å². The van der Waals surface area contributed by atoms with Crippen LogP contribution in [0.25, 0.3) is 0 Å². The summed E-state index contributed by atoms with van der Waals surface area (Å²) in [6, 6.07) is 4.16. The van der Waals surface area contributed by atoms with Gasteiger partial charge in [0.15, 0.2) is 0 Å². The van der Waals surface area contributed by atoms with Crippen LogP contribution in [-0.4, -0.2) is 15.9 Å². The summed E-state index contributed by atoms with van der Waals surface area (Å²) >= 11 is 11.4. The van der Waals surface area contributed by atoms with E-state index in [2.05, 4.69) is 15.3 Å². The molecule has 20 heavy (non-hydrogen) atoms. The maximum absolute atomic E-state index is 13.6. The molecule has 0 bridgehead atoms. The van der Waals surface area contributed by atoms with Crippen molar-refractivity contribution in [1.29, 1.82) is 0 Å². The second-order valence-corrected chi connectivity index (χ2v) is 4.63. The first-order valence-corrected chi connectivity index (χ1v) is 6.23. The van der Waals surface area contributed by atoms with Gasteiger partial charge in [0, 0.05) is 23.3 Å². The van der Waals surface area contributed by atoms with Crippen LogP contribution in [-0.2, 0) is 6.54 Å². The summed E-state index contributed by atoms with van der Waals surface area (Å²) in [7, 11) is 0. The van der Waals surface area contributed by atoms with Crippen molar-refractivity contribution in [1.82, 2.24) is 9.97 Å². The van der Waals surface area contributed by atoms with Gasteiger partial charge in [0.2, 0.25) is 5.28 Å². The third-order valence-corrected chi connectivity index (χ3v) is 2.90. The molecule has 0 saturated carbocycles. The molecule has 0 saturated heterocycles. The molecule has 0 fully saturated rings. The van der Waals surface area contributed by atoms with Gasteiger partial charge < -0.3 is 11.1 Å². The Balaban J connectivity index is 2.24. The molecule has 1 amide bonds. The zero-order valence-electron chi connectivity index (χ0n) is 10.0. The maximum atomic E-state index is 13.6. The number of nitrogens with zero attached hydrogens (tertiary/aromatic N) is 2. The van der Waals surface area contributed by atoms with Crippen LogP contribution in [0, 0.1) is 5.82 Å². The van der Waals surface area contributed by atoms with E-state index in [1.807, 2.05) is 0 Å². The Kier molecular flexibility index (Phi) is 4.36. The number of carbonyl (C=O) groups is 1. The van der Waals surface area contributed by atoms with E-state index >= 15 is 0 Å². The van der Waals surface area contributed by atoms with Crippen molar-refractivity contribution < 1.29 is 9.18 Å². The lowest BCUT2D eigenvalue weighted by molar-refractivity contribution is 0.100. The highest BCUT2D eigenvalue weighted by atomic mass is 35.5. The molecule has 3 N–H and O–H groups in total. The largest absolute Gasteiger partial charge is 0.365 e. The molecule has 0 aliphatic rings.